The normalized spacial score (nSPS) is 24.8. The third kappa shape index (κ3) is 3.85. The molecule has 0 aromatic rings. The van der Waals surface area contributed by atoms with Gasteiger partial charge in [0, 0.05) is 39.3 Å². The quantitative estimate of drug-likeness (QED) is 0.837. The molecule has 2 aliphatic heterocycles. The number of nitrogens with zero attached hydrogens (tertiary/aromatic N) is 3. The minimum atomic E-state index is -0.799. The van der Waals surface area contributed by atoms with Crippen LogP contribution in [0.15, 0.2) is 0 Å². The van der Waals surface area contributed by atoms with Crippen LogP contribution in [-0.2, 0) is 4.79 Å². The Bertz CT molecular complexity index is 354. The molecule has 0 radical (unpaired) electrons. The largest absolute Gasteiger partial charge is 0.480 e. The van der Waals surface area contributed by atoms with Gasteiger partial charge in [0.2, 0.25) is 0 Å². The highest BCUT2D eigenvalue weighted by Crippen LogP contribution is 2.20. The number of urea groups is 1. The van der Waals surface area contributed by atoms with E-state index in [4.69, 9.17) is 5.11 Å². The number of likely N-dealkylation sites (tertiary alicyclic amines) is 1. The van der Waals surface area contributed by atoms with Crippen LogP contribution in [-0.4, -0.2) is 77.6 Å². The van der Waals surface area contributed by atoms with Crippen molar-refractivity contribution in [1.82, 2.24) is 14.7 Å². The van der Waals surface area contributed by atoms with Crippen LogP contribution < -0.4 is 0 Å². The van der Waals surface area contributed by atoms with E-state index in [0.29, 0.717) is 32.1 Å². The van der Waals surface area contributed by atoms with Crippen molar-refractivity contribution in [3.8, 4) is 0 Å². The molecule has 2 rings (SSSR count). The minimum Gasteiger partial charge on any atom is -0.480 e. The Balaban J connectivity index is 1.80. The van der Waals surface area contributed by atoms with Gasteiger partial charge in [0.05, 0.1) is 6.54 Å². The molecule has 2 heterocycles. The van der Waals surface area contributed by atoms with Gasteiger partial charge >= 0.3 is 12.0 Å². The summed E-state index contributed by atoms with van der Waals surface area (Å²) in [6.45, 7) is 6.59. The van der Waals surface area contributed by atoms with Crippen molar-refractivity contribution in [2.45, 2.75) is 26.2 Å². The number of carboxylic acid groups (broad SMARTS) is 1. The number of hydrogen-bond acceptors (Lipinski definition) is 3. The predicted octanol–water partition coefficient (Wildman–Crippen LogP) is 0.931. The standard InChI is InChI=1S/C14H25N3O3/c1-2-12-4-3-5-17(10-12)14(20)16-8-6-15(7-9-16)11-13(18)19/h12H,2-11H2,1H3,(H,18,19). The molecular formula is C14H25N3O3. The first-order chi connectivity index (χ1) is 9.60. The van der Waals surface area contributed by atoms with Gasteiger partial charge in [0.1, 0.15) is 0 Å². The van der Waals surface area contributed by atoms with Gasteiger partial charge in [0.15, 0.2) is 0 Å². The summed E-state index contributed by atoms with van der Waals surface area (Å²) in [5, 5.41) is 8.77. The molecule has 1 atom stereocenters. The molecule has 2 amide bonds. The molecule has 114 valence electrons. The number of amides is 2. The Morgan fingerprint density at radius 3 is 2.40 bits per heavy atom. The number of hydrogen-bond donors (Lipinski definition) is 1. The van der Waals surface area contributed by atoms with Gasteiger partial charge in [-0.15, -0.1) is 0 Å². The fourth-order valence-electron chi connectivity index (χ4n) is 3.06. The highest BCUT2D eigenvalue weighted by molar-refractivity contribution is 5.75. The summed E-state index contributed by atoms with van der Waals surface area (Å²) in [5.41, 5.74) is 0. The zero-order valence-electron chi connectivity index (χ0n) is 12.3. The number of carbonyl (C=O) groups is 2. The van der Waals surface area contributed by atoms with Crippen molar-refractivity contribution < 1.29 is 14.7 Å². The molecule has 1 unspecified atom stereocenters. The lowest BCUT2D eigenvalue weighted by atomic mass is 9.96. The van der Waals surface area contributed by atoms with Crippen LogP contribution in [0.3, 0.4) is 0 Å². The van der Waals surface area contributed by atoms with Crippen LogP contribution in [0.4, 0.5) is 4.79 Å². The molecule has 0 saturated carbocycles. The van der Waals surface area contributed by atoms with Crippen LogP contribution >= 0.6 is 0 Å². The van der Waals surface area contributed by atoms with Gasteiger partial charge in [-0.2, -0.15) is 0 Å². The minimum absolute atomic E-state index is 0.0731. The first kappa shape index (κ1) is 15.1. The number of carboxylic acids is 1. The lowest BCUT2D eigenvalue weighted by Crippen LogP contribution is -2.55. The summed E-state index contributed by atoms with van der Waals surface area (Å²) in [5.74, 6) is -0.160. The van der Waals surface area contributed by atoms with Gasteiger partial charge in [-0.1, -0.05) is 13.3 Å². The molecule has 0 aliphatic carbocycles. The average Bonchev–Trinajstić information content (AvgIpc) is 2.47. The lowest BCUT2D eigenvalue weighted by Gasteiger charge is -2.39. The summed E-state index contributed by atoms with van der Waals surface area (Å²) in [6, 6.07) is 0.137. The van der Waals surface area contributed by atoms with Gasteiger partial charge in [-0.05, 0) is 18.8 Å². The second-order valence-electron chi connectivity index (χ2n) is 5.80. The van der Waals surface area contributed by atoms with E-state index in [1.807, 2.05) is 14.7 Å². The highest BCUT2D eigenvalue weighted by atomic mass is 16.4. The summed E-state index contributed by atoms with van der Waals surface area (Å²) < 4.78 is 0. The molecule has 6 nitrogen and oxygen atoms in total. The lowest BCUT2D eigenvalue weighted by molar-refractivity contribution is -0.138. The van der Waals surface area contributed by atoms with Crippen molar-refractivity contribution in [2.75, 3.05) is 45.8 Å². The van der Waals surface area contributed by atoms with Crippen molar-refractivity contribution in [3.05, 3.63) is 0 Å². The topological polar surface area (TPSA) is 64.1 Å². The molecule has 20 heavy (non-hydrogen) atoms. The van der Waals surface area contributed by atoms with Crippen LogP contribution in [0.25, 0.3) is 0 Å². The van der Waals surface area contributed by atoms with Gasteiger partial charge in [-0.3, -0.25) is 9.69 Å². The summed E-state index contributed by atoms with van der Waals surface area (Å²) >= 11 is 0. The van der Waals surface area contributed by atoms with E-state index in [2.05, 4.69) is 6.92 Å². The first-order valence-electron chi connectivity index (χ1n) is 7.58. The van der Waals surface area contributed by atoms with Gasteiger partial charge in [-0.25, -0.2) is 4.79 Å². The Hall–Kier alpha value is -1.30. The Morgan fingerprint density at radius 1 is 1.10 bits per heavy atom. The number of piperazine rings is 1. The van der Waals surface area contributed by atoms with E-state index in [9.17, 15) is 9.59 Å². The Kier molecular flexibility index (Phi) is 5.23. The summed E-state index contributed by atoms with van der Waals surface area (Å²) in [4.78, 5) is 28.9. The maximum Gasteiger partial charge on any atom is 0.320 e. The van der Waals surface area contributed by atoms with Gasteiger partial charge in [0.25, 0.3) is 0 Å². The third-order valence-corrected chi connectivity index (χ3v) is 4.37. The van der Waals surface area contributed by atoms with E-state index >= 15 is 0 Å². The SMILES string of the molecule is CCC1CCCN(C(=O)N2CCN(CC(=O)O)CC2)C1. The van der Waals surface area contributed by atoms with E-state index < -0.39 is 5.97 Å². The molecule has 2 fully saturated rings. The first-order valence-corrected chi connectivity index (χ1v) is 7.58. The number of piperidine rings is 1. The Morgan fingerprint density at radius 2 is 1.80 bits per heavy atom. The number of carbonyl (C=O) groups excluding carboxylic acids is 1. The summed E-state index contributed by atoms with van der Waals surface area (Å²) in [7, 11) is 0. The van der Waals surface area contributed by atoms with Crippen molar-refractivity contribution >= 4 is 12.0 Å². The van der Waals surface area contributed by atoms with Crippen LogP contribution in [0.5, 0.6) is 0 Å². The maximum atomic E-state index is 12.5. The van der Waals surface area contributed by atoms with E-state index in [1.54, 1.807) is 0 Å². The molecule has 2 saturated heterocycles. The van der Waals surface area contributed by atoms with Crippen LogP contribution in [0.1, 0.15) is 26.2 Å². The fourth-order valence-corrected chi connectivity index (χ4v) is 3.06. The zero-order chi connectivity index (χ0) is 14.5. The van der Waals surface area contributed by atoms with Crippen LogP contribution in [0.2, 0.25) is 0 Å². The van der Waals surface area contributed by atoms with E-state index in [-0.39, 0.29) is 12.6 Å². The van der Waals surface area contributed by atoms with Crippen LogP contribution in [0, 0.1) is 5.92 Å². The molecule has 0 spiro atoms. The molecule has 0 aromatic carbocycles. The van der Waals surface area contributed by atoms with Crippen molar-refractivity contribution in [3.63, 3.8) is 0 Å². The molecule has 0 aromatic heterocycles. The summed E-state index contributed by atoms with van der Waals surface area (Å²) in [6.07, 6.45) is 3.46. The molecular weight excluding hydrogens is 258 g/mol. The molecule has 6 heteroatoms. The smallest absolute Gasteiger partial charge is 0.320 e. The molecule has 2 aliphatic rings. The van der Waals surface area contributed by atoms with Crippen molar-refractivity contribution in [1.29, 1.82) is 0 Å². The van der Waals surface area contributed by atoms with Gasteiger partial charge < -0.3 is 14.9 Å². The number of aliphatic carboxylic acids is 1. The predicted molar refractivity (Wildman–Crippen MR) is 75.6 cm³/mol. The van der Waals surface area contributed by atoms with E-state index in [1.165, 1.54) is 6.42 Å². The van der Waals surface area contributed by atoms with E-state index in [0.717, 1.165) is 25.9 Å². The maximum absolute atomic E-state index is 12.5. The van der Waals surface area contributed by atoms with Crippen molar-refractivity contribution in [2.24, 2.45) is 5.92 Å². The fraction of sp³-hybridized carbons (Fsp3) is 0.857. The average molecular weight is 283 g/mol. The molecule has 0 bridgehead atoms. The number of rotatable bonds is 3. The Labute approximate surface area is 120 Å². The third-order valence-electron chi connectivity index (χ3n) is 4.37. The highest BCUT2D eigenvalue weighted by Gasteiger charge is 2.28. The monoisotopic (exact) mass is 283 g/mol. The zero-order valence-corrected chi connectivity index (χ0v) is 12.3. The second kappa shape index (κ2) is 6.92. The molecule has 1 N–H and O–H groups in total. The second-order valence-corrected chi connectivity index (χ2v) is 5.80.